The second-order valence-electron chi connectivity index (χ2n) is 6.25. The number of carbonyl (C=O) groups is 1. The zero-order chi connectivity index (χ0) is 14.7. The maximum atomic E-state index is 12.1. The molecule has 0 aromatic rings. The monoisotopic (exact) mass is 290 g/mol. The molecule has 1 heterocycles. The van der Waals surface area contributed by atoms with Crippen LogP contribution in [0, 0.1) is 5.41 Å². The number of likely N-dealkylation sites (tertiary alicyclic amines) is 1. The van der Waals surface area contributed by atoms with E-state index in [1.807, 2.05) is 32.6 Å². The van der Waals surface area contributed by atoms with Crippen LogP contribution >= 0.6 is 0 Å². The lowest BCUT2D eigenvalue weighted by Crippen LogP contribution is -2.49. The average Bonchev–Trinajstić information content (AvgIpc) is 2.27. The normalized spacial score (nSPS) is 18.6. The first kappa shape index (κ1) is 16.4. The molecule has 19 heavy (non-hydrogen) atoms. The maximum absolute atomic E-state index is 12.1. The Morgan fingerprint density at radius 2 is 1.79 bits per heavy atom. The number of hydrogen-bond donors (Lipinski definition) is 1. The van der Waals surface area contributed by atoms with Gasteiger partial charge in [0.25, 0.3) is 0 Å². The summed E-state index contributed by atoms with van der Waals surface area (Å²) in [5.74, 6) is 0.316. The van der Waals surface area contributed by atoms with Crippen LogP contribution in [0.15, 0.2) is 0 Å². The summed E-state index contributed by atoms with van der Waals surface area (Å²) in [6.07, 6.45) is 2.02. The highest BCUT2D eigenvalue weighted by atomic mass is 32.2. The molecule has 1 aliphatic rings. The summed E-state index contributed by atoms with van der Waals surface area (Å²) in [4.78, 5) is 13.9. The topological polar surface area (TPSA) is 66.5 Å². The van der Waals surface area contributed by atoms with Crippen LogP contribution < -0.4 is 4.72 Å². The van der Waals surface area contributed by atoms with Gasteiger partial charge in [0.1, 0.15) is 0 Å². The van der Waals surface area contributed by atoms with Gasteiger partial charge in [-0.1, -0.05) is 27.7 Å². The number of carbonyl (C=O) groups excluding carboxylic acids is 1. The molecule has 112 valence electrons. The van der Waals surface area contributed by atoms with Gasteiger partial charge >= 0.3 is 0 Å². The van der Waals surface area contributed by atoms with Crippen molar-refractivity contribution in [3.8, 4) is 0 Å². The first-order chi connectivity index (χ1) is 8.65. The van der Waals surface area contributed by atoms with Crippen LogP contribution in [0.5, 0.6) is 0 Å². The summed E-state index contributed by atoms with van der Waals surface area (Å²) in [5, 5.41) is 0. The molecule has 6 heteroatoms. The smallest absolute Gasteiger partial charge is 0.227 e. The van der Waals surface area contributed by atoms with E-state index in [0.29, 0.717) is 32.4 Å². The van der Waals surface area contributed by atoms with E-state index in [9.17, 15) is 13.2 Å². The quantitative estimate of drug-likeness (QED) is 0.850. The van der Waals surface area contributed by atoms with Crippen molar-refractivity contribution in [2.45, 2.75) is 53.0 Å². The van der Waals surface area contributed by atoms with Crippen molar-refractivity contribution < 1.29 is 13.2 Å². The first-order valence-corrected chi connectivity index (χ1v) is 8.60. The highest BCUT2D eigenvalue weighted by molar-refractivity contribution is 7.89. The van der Waals surface area contributed by atoms with E-state index in [-0.39, 0.29) is 23.1 Å². The Hall–Kier alpha value is -0.620. The summed E-state index contributed by atoms with van der Waals surface area (Å²) in [5.41, 5.74) is -0.367. The van der Waals surface area contributed by atoms with E-state index in [0.717, 1.165) is 0 Å². The third kappa shape index (κ3) is 5.10. The molecular weight excluding hydrogens is 264 g/mol. The van der Waals surface area contributed by atoms with Gasteiger partial charge in [0.15, 0.2) is 0 Å². The second kappa shape index (κ2) is 6.22. The Kier molecular flexibility index (Phi) is 5.38. The SMILES string of the molecule is CCCS(=O)(=O)NC1CCN(C(=O)C(C)(C)C)CC1. The summed E-state index contributed by atoms with van der Waals surface area (Å²) in [6, 6.07) is -0.0273. The van der Waals surface area contributed by atoms with Gasteiger partial charge in [0.2, 0.25) is 15.9 Å². The molecule has 5 nitrogen and oxygen atoms in total. The van der Waals surface area contributed by atoms with Crippen LogP contribution in [0.3, 0.4) is 0 Å². The van der Waals surface area contributed by atoms with Gasteiger partial charge in [-0.25, -0.2) is 13.1 Å². The number of nitrogens with zero attached hydrogens (tertiary/aromatic N) is 1. The molecule has 1 amide bonds. The van der Waals surface area contributed by atoms with E-state index in [2.05, 4.69) is 4.72 Å². The number of hydrogen-bond acceptors (Lipinski definition) is 3. The predicted octanol–water partition coefficient (Wildman–Crippen LogP) is 1.35. The van der Waals surface area contributed by atoms with Crippen molar-refractivity contribution >= 4 is 15.9 Å². The molecule has 1 fully saturated rings. The molecule has 0 unspecified atom stereocenters. The van der Waals surface area contributed by atoms with Crippen molar-refractivity contribution in [1.29, 1.82) is 0 Å². The number of rotatable bonds is 4. The molecule has 1 N–H and O–H groups in total. The van der Waals surface area contributed by atoms with E-state index in [1.54, 1.807) is 0 Å². The predicted molar refractivity (Wildman–Crippen MR) is 76.3 cm³/mol. The molecule has 0 aromatic heterocycles. The fraction of sp³-hybridized carbons (Fsp3) is 0.923. The standard InChI is InChI=1S/C13H26N2O3S/c1-5-10-19(17,18)14-11-6-8-15(9-7-11)12(16)13(2,3)4/h11,14H,5-10H2,1-4H3. The third-order valence-electron chi connectivity index (χ3n) is 3.24. The number of sulfonamides is 1. The Morgan fingerprint density at radius 3 is 2.21 bits per heavy atom. The molecule has 1 aliphatic heterocycles. The zero-order valence-corrected chi connectivity index (χ0v) is 13.2. The minimum atomic E-state index is -3.15. The van der Waals surface area contributed by atoms with Gasteiger partial charge in [-0.2, -0.15) is 0 Å². The largest absolute Gasteiger partial charge is 0.342 e. The average molecular weight is 290 g/mol. The van der Waals surface area contributed by atoms with Crippen molar-refractivity contribution in [3.05, 3.63) is 0 Å². The summed E-state index contributed by atoms with van der Waals surface area (Å²) >= 11 is 0. The minimum absolute atomic E-state index is 0.0273. The van der Waals surface area contributed by atoms with E-state index in [1.165, 1.54) is 0 Å². The molecule has 0 bridgehead atoms. The van der Waals surface area contributed by atoms with Crippen molar-refractivity contribution in [1.82, 2.24) is 9.62 Å². The van der Waals surface area contributed by atoms with E-state index >= 15 is 0 Å². The Labute approximate surface area is 116 Å². The van der Waals surface area contributed by atoms with Crippen LogP contribution in [-0.2, 0) is 14.8 Å². The van der Waals surface area contributed by atoms with E-state index in [4.69, 9.17) is 0 Å². The van der Waals surface area contributed by atoms with Crippen LogP contribution in [0.1, 0.15) is 47.0 Å². The maximum Gasteiger partial charge on any atom is 0.227 e. The molecule has 0 spiro atoms. The van der Waals surface area contributed by atoms with Crippen LogP contribution in [0.2, 0.25) is 0 Å². The molecule has 0 saturated carbocycles. The lowest BCUT2D eigenvalue weighted by molar-refractivity contribution is -0.140. The molecule has 1 rings (SSSR count). The summed E-state index contributed by atoms with van der Waals surface area (Å²) < 4.78 is 26.1. The molecule has 0 aromatic carbocycles. The Bertz CT molecular complexity index is 404. The summed E-state index contributed by atoms with van der Waals surface area (Å²) in [6.45, 7) is 8.84. The van der Waals surface area contributed by atoms with Gasteiger partial charge in [-0.05, 0) is 19.3 Å². The number of amides is 1. The Balaban J connectivity index is 2.48. The van der Waals surface area contributed by atoms with Crippen LogP contribution in [0.25, 0.3) is 0 Å². The van der Waals surface area contributed by atoms with Crippen molar-refractivity contribution in [3.63, 3.8) is 0 Å². The van der Waals surface area contributed by atoms with Gasteiger partial charge < -0.3 is 4.90 Å². The van der Waals surface area contributed by atoms with E-state index < -0.39 is 10.0 Å². The molecule has 1 saturated heterocycles. The van der Waals surface area contributed by atoms with Crippen molar-refractivity contribution in [2.75, 3.05) is 18.8 Å². The van der Waals surface area contributed by atoms with Gasteiger partial charge in [-0.3, -0.25) is 4.79 Å². The summed E-state index contributed by atoms with van der Waals surface area (Å²) in [7, 11) is -3.15. The van der Waals surface area contributed by atoms with Gasteiger partial charge in [-0.15, -0.1) is 0 Å². The minimum Gasteiger partial charge on any atom is -0.342 e. The second-order valence-corrected chi connectivity index (χ2v) is 8.13. The van der Waals surface area contributed by atoms with Crippen molar-refractivity contribution in [2.24, 2.45) is 5.41 Å². The highest BCUT2D eigenvalue weighted by Crippen LogP contribution is 2.21. The third-order valence-corrected chi connectivity index (χ3v) is 4.88. The fourth-order valence-corrected chi connectivity index (χ4v) is 3.66. The lowest BCUT2D eigenvalue weighted by atomic mass is 9.93. The van der Waals surface area contributed by atoms with Crippen LogP contribution in [-0.4, -0.2) is 44.1 Å². The number of nitrogens with one attached hydrogen (secondary N) is 1. The molecule has 0 atom stereocenters. The lowest BCUT2D eigenvalue weighted by Gasteiger charge is -2.35. The van der Waals surface area contributed by atoms with Crippen LogP contribution in [0.4, 0.5) is 0 Å². The molecule has 0 aliphatic carbocycles. The zero-order valence-electron chi connectivity index (χ0n) is 12.4. The molecule has 0 radical (unpaired) electrons. The highest BCUT2D eigenvalue weighted by Gasteiger charge is 2.31. The molecular formula is C13H26N2O3S. The fourth-order valence-electron chi connectivity index (χ4n) is 2.26. The Morgan fingerprint density at radius 1 is 1.26 bits per heavy atom. The first-order valence-electron chi connectivity index (χ1n) is 6.95. The van der Waals surface area contributed by atoms with Gasteiger partial charge in [0, 0.05) is 24.5 Å². The number of piperidine rings is 1. The van der Waals surface area contributed by atoms with Gasteiger partial charge in [0.05, 0.1) is 5.75 Å².